The molecule has 42 heavy (non-hydrogen) atoms. The molecule has 0 radical (unpaired) electrons. The molecule has 0 bridgehead atoms. The number of nitrogens with one attached hydrogen (secondary N) is 1. The lowest BCUT2D eigenvalue weighted by Gasteiger charge is -2.25. The molecule has 0 saturated carbocycles. The third-order valence-corrected chi connectivity index (χ3v) is 8.21. The van der Waals surface area contributed by atoms with Crippen LogP contribution in [0.15, 0.2) is 24.3 Å². The number of unbranched alkanes of at least 4 members (excludes halogenated alkanes) is 15. The Hall–Kier alpha value is -1.02. The van der Waals surface area contributed by atoms with E-state index in [9.17, 15) is 19.4 Å². The molecule has 0 aromatic carbocycles. The van der Waals surface area contributed by atoms with Gasteiger partial charge in [-0.2, -0.15) is 0 Å². The fourth-order valence-electron chi connectivity index (χ4n) is 4.45. The molecule has 1 unspecified atom stereocenters. The first-order chi connectivity index (χ1) is 20.0. The molecule has 0 aliphatic heterocycles. The van der Waals surface area contributed by atoms with Gasteiger partial charge in [0.05, 0.1) is 39.9 Å². The van der Waals surface area contributed by atoms with Crippen molar-refractivity contribution >= 4 is 13.7 Å². The van der Waals surface area contributed by atoms with Crippen LogP contribution in [-0.2, 0) is 18.4 Å². The van der Waals surface area contributed by atoms with E-state index < -0.39 is 20.0 Å². The maximum Gasteiger partial charge on any atom is 0.472 e. The summed E-state index contributed by atoms with van der Waals surface area (Å²) in [6, 6.07) is -0.869. The summed E-state index contributed by atoms with van der Waals surface area (Å²) in [6.07, 6.45) is 26.9. The number of amides is 1. The summed E-state index contributed by atoms with van der Waals surface area (Å²) >= 11 is 0. The van der Waals surface area contributed by atoms with Crippen LogP contribution >= 0.6 is 7.82 Å². The minimum atomic E-state index is -4.33. The van der Waals surface area contributed by atoms with Crippen molar-refractivity contribution in [3.8, 4) is 0 Å². The predicted octanol–water partition coefficient (Wildman–Crippen LogP) is 7.85. The summed E-state index contributed by atoms with van der Waals surface area (Å²) in [5.41, 5.74) is 0. The van der Waals surface area contributed by atoms with Gasteiger partial charge in [-0.15, -0.1) is 0 Å². The molecule has 0 aliphatic rings. The van der Waals surface area contributed by atoms with Gasteiger partial charge in [0.15, 0.2) is 0 Å². The number of likely N-dealkylation sites (N-methyl/N-ethyl adjacent to an activating group) is 1. The normalized spacial score (nSPS) is 15.3. The van der Waals surface area contributed by atoms with Crippen LogP contribution in [-0.4, -0.2) is 73.4 Å². The number of carbonyl (C=O) groups is 1. The molecular formula is C33H66N2O6P+. The number of phosphoric acid groups is 1. The Labute approximate surface area is 258 Å². The van der Waals surface area contributed by atoms with Gasteiger partial charge in [0.1, 0.15) is 13.2 Å². The van der Waals surface area contributed by atoms with Gasteiger partial charge < -0.3 is 19.8 Å². The molecule has 0 fully saturated rings. The van der Waals surface area contributed by atoms with E-state index in [0.29, 0.717) is 17.4 Å². The van der Waals surface area contributed by atoms with Crippen LogP contribution in [0.4, 0.5) is 0 Å². The second kappa shape index (κ2) is 26.4. The van der Waals surface area contributed by atoms with Crippen molar-refractivity contribution in [1.82, 2.24) is 5.32 Å². The highest BCUT2D eigenvalue weighted by Crippen LogP contribution is 2.43. The zero-order valence-corrected chi connectivity index (χ0v) is 28.6. The molecule has 0 aliphatic carbocycles. The van der Waals surface area contributed by atoms with Gasteiger partial charge in [0.2, 0.25) is 5.91 Å². The van der Waals surface area contributed by atoms with Crippen LogP contribution < -0.4 is 5.32 Å². The molecule has 0 aromatic rings. The largest absolute Gasteiger partial charge is 0.472 e. The standard InChI is InChI=1S/C33H65N2O6P/c1-6-8-10-12-14-16-17-19-21-23-25-27-33(37)34-31(30-41-42(38,39)40-29-28-35(3,4)5)32(36)26-24-22-20-18-15-13-11-9-7-2/h20,22,24,26,31-32,36H,6-19,21,23,25,27-30H2,1-5H3,(H-,34,37,38,39)/p+1/b22-20+,26-24+/t31-,32+/m0/s1. The SMILES string of the molecule is CCCCCCC/C=C/C=C/[C@@H](O)[C@H](COP(=O)(O)OCC[N+](C)(C)C)NC(=O)CCCCCCCCCCCCC. The summed E-state index contributed by atoms with van der Waals surface area (Å²) in [6.45, 7) is 4.69. The number of phosphoric ester groups is 1. The number of hydrogen-bond donors (Lipinski definition) is 3. The average molecular weight is 618 g/mol. The monoisotopic (exact) mass is 617 g/mol. The molecule has 0 heterocycles. The highest BCUT2D eigenvalue weighted by atomic mass is 31.2. The molecule has 3 atom stereocenters. The lowest BCUT2D eigenvalue weighted by molar-refractivity contribution is -0.870. The van der Waals surface area contributed by atoms with E-state index in [-0.39, 0.29) is 19.1 Å². The molecule has 3 N–H and O–H groups in total. The lowest BCUT2D eigenvalue weighted by Crippen LogP contribution is -2.45. The third kappa shape index (κ3) is 27.8. The van der Waals surface area contributed by atoms with Crippen LogP contribution in [0.3, 0.4) is 0 Å². The average Bonchev–Trinajstić information content (AvgIpc) is 2.92. The molecule has 0 saturated heterocycles. The number of aliphatic hydroxyl groups is 1. The number of hydrogen-bond acceptors (Lipinski definition) is 5. The highest BCUT2D eigenvalue weighted by Gasteiger charge is 2.27. The van der Waals surface area contributed by atoms with E-state index in [4.69, 9.17) is 9.05 Å². The summed E-state index contributed by atoms with van der Waals surface area (Å²) in [5.74, 6) is -0.201. The molecule has 0 rings (SSSR count). The van der Waals surface area contributed by atoms with Gasteiger partial charge in [-0.25, -0.2) is 4.57 Å². The van der Waals surface area contributed by atoms with Crippen LogP contribution in [0.2, 0.25) is 0 Å². The van der Waals surface area contributed by atoms with E-state index in [2.05, 4.69) is 25.2 Å². The predicted molar refractivity (Wildman–Crippen MR) is 175 cm³/mol. The van der Waals surface area contributed by atoms with Gasteiger partial charge in [-0.05, 0) is 19.3 Å². The summed E-state index contributed by atoms with van der Waals surface area (Å²) in [5, 5.41) is 13.6. The Bertz CT molecular complexity index is 753. The number of allylic oxidation sites excluding steroid dienone is 3. The Morgan fingerprint density at radius 1 is 0.810 bits per heavy atom. The Balaban J connectivity index is 4.68. The Morgan fingerprint density at radius 3 is 1.88 bits per heavy atom. The first kappa shape index (κ1) is 41.0. The third-order valence-electron chi connectivity index (χ3n) is 7.23. The molecule has 0 aromatic heterocycles. The quantitative estimate of drug-likeness (QED) is 0.0342. The van der Waals surface area contributed by atoms with Gasteiger partial charge >= 0.3 is 7.82 Å². The van der Waals surface area contributed by atoms with Crippen LogP contribution in [0.5, 0.6) is 0 Å². The van der Waals surface area contributed by atoms with E-state index in [1.165, 1.54) is 77.0 Å². The molecule has 9 heteroatoms. The number of nitrogens with zero attached hydrogens (tertiary/aromatic N) is 1. The smallest absolute Gasteiger partial charge is 0.387 e. The zero-order valence-electron chi connectivity index (χ0n) is 27.7. The number of quaternary nitrogens is 1. The molecule has 8 nitrogen and oxygen atoms in total. The minimum absolute atomic E-state index is 0.0544. The molecule has 1 amide bonds. The van der Waals surface area contributed by atoms with Crippen molar-refractivity contribution < 1.29 is 32.9 Å². The minimum Gasteiger partial charge on any atom is -0.387 e. The van der Waals surface area contributed by atoms with E-state index in [1.807, 2.05) is 27.2 Å². The maximum absolute atomic E-state index is 12.7. The van der Waals surface area contributed by atoms with E-state index in [0.717, 1.165) is 32.1 Å². The second-order valence-corrected chi connectivity index (χ2v) is 14.0. The molecular weight excluding hydrogens is 551 g/mol. The molecule has 0 spiro atoms. The number of rotatable bonds is 29. The van der Waals surface area contributed by atoms with E-state index in [1.54, 1.807) is 12.2 Å². The first-order valence-corrected chi connectivity index (χ1v) is 18.2. The fraction of sp³-hybridized carbons (Fsp3) is 0.848. The van der Waals surface area contributed by atoms with Crippen molar-refractivity contribution in [3.63, 3.8) is 0 Å². The van der Waals surface area contributed by atoms with Crippen molar-refractivity contribution in [1.29, 1.82) is 0 Å². The fourth-order valence-corrected chi connectivity index (χ4v) is 5.18. The second-order valence-electron chi connectivity index (χ2n) is 12.6. The van der Waals surface area contributed by atoms with Crippen LogP contribution in [0.1, 0.15) is 129 Å². The van der Waals surface area contributed by atoms with E-state index >= 15 is 0 Å². The lowest BCUT2D eigenvalue weighted by atomic mass is 10.0. The van der Waals surface area contributed by atoms with Crippen LogP contribution in [0, 0.1) is 0 Å². The number of aliphatic hydroxyl groups excluding tert-OH is 1. The van der Waals surface area contributed by atoms with Crippen molar-refractivity contribution in [2.75, 3.05) is 40.9 Å². The maximum atomic E-state index is 12.7. The van der Waals surface area contributed by atoms with Gasteiger partial charge in [0.25, 0.3) is 0 Å². The summed E-state index contributed by atoms with van der Waals surface area (Å²) in [7, 11) is 1.54. The van der Waals surface area contributed by atoms with Gasteiger partial charge in [-0.3, -0.25) is 13.8 Å². The van der Waals surface area contributed by atoms with Crippen molar-refractivity contribution in [2.24, 2.45) is 0 Å². The Morgan fingerprint density at radius 2 is 1.33 bits per heavy atom. The van der Waals surface area contributed by atoms with Crippen molar-refractivity contribution in [3.05, 3.63) is 24.3 Å². The Kier molecular flexibility index (Phi) is 25.7. The highest BCUT2D eigenvalue weighted by molar-refractivity contribution is 7.47. The first-order valence-electron chi connectivity index (χ1n) is 16.7. The zero-order chi connectivity index (χ0) is 31.5. The summed E-state index contributed by atoms with van der Waals surface area (Å²) < 4.78 is 23.3. The van der Waals surface area contributed by atoms with Gasteiger partial charge in [-0.1, -0.05) is 128 Å². The molecule has 248 valence electrons. The van der Waals surface area contributed by atoms with Gasteiger partial charge in [0, 0.05) is 6.42 Å². The number of carbonyl (C=O) groups excluding carboxylic acids is 1. The van der Waals surface area contributed by atoms with Crippen LogP contribution in [0.25, 0.3) is 0 Å². The topological polar surface area (TPSA) is 105 Å². The summed E-state index contributed by atoms with van der Waals surface area (Å²) in [4.78, 5) is 22.8. The van der Waals surface area contributed by atoms with Crippen molar-refractivity contribution in [2.45, 2.75) is 142 Å².